The predicted octanol–water partition coefficient (Wildman–Crippen LogP) is 2.55. The molecule has 3 nitrogen and oxygen atoms in total. The van der Waals surface area contributed by atoms with E-state index in [9.17, 15) is 21.6 Å². The highest BCUT2D eigenvalue weighted by atomic mass is 32.2. The van der Waals surface area contributed by atoms with Gasteiger partial charge in [-0.15, -0.1) is 0 Å². The third kappa shape index (κ3) is 3.79. The maximum Gasteiger partial charge on any atom is 0.407 e. The number of alkyl halides is 3. The minimum absolute atomic E-state index is 0.335. The predicted molar refractivity (Wildman–Crippen MR) is 52.5 cm³/mol. The van der Waals surface area contributed by atoms with Crippen molar-refractivity contribution in [2.24, 2.45) is 5.92 Å². The highest BCUT2D eigenvalue weighted by Gasteiger charge is 2.48. The van der Waals surface area contributed by atoms with Crippen molar-refractivity contribution in [3.8, 4) is 0 Å². The summed E-state index contributed by atoms with van der Waals surface area (Å²) in [6.45, 7) is 0. The molecule has 0 amide bonds. The Hall–Kier alpha value is -0.560. The van der Waals surface area contributed by atoms with E-state index in [1.165, 1.54) is 0 Å². The van der Waals surface area contributed by atoms with Crippen LogP contribution in [-0.4, -0.2) is 24.4 Å². The first-order chi connectivity index (χ1) is 7.21. The molecule has 2 atom stereocenters. The number of hydrogen-bond donors (Lipinski definition) is 1. The zero-order chi connectivity index (χ0) is 12.4. The van der Waals surface area contributed by atoms with E-state index in [-0.39, 0.29) is 5.92 Å². The largest absolute Gasteiger partial charge is 0.407 e. The van der Waals surface area contributed by atoms with Crippen LogP contribution in [0.5, 0.6) is 0 Å². The zero-order valence-corrected chi connectivity index (χ0v) is 9.26. The molecule has 0 aromatic carbocycles. The van der Waals surface area contributed by atoms with Crippen LogP contribution in [0.25, 0.3) is 0 Å². The molecule has 94 valence electrons. The maximum atomic E-state index is 12.4. The van der Waals surface area contributed by atoms with Crippen LogP contribution in [0, 0.1) is 5.92 Å². The first-order valence-corrected chi connectivity index (χ1v) is 6.39. The number of rotatable bonds is 3. The van der Waals surface area contributed by atoms with Gasteiger partial charge in [0.1, 0.15) is 0 Å². The fourth-order valence-electron chi connectivity index (χ4n) is 1.80. The van der Waals surface area contributed by atoms with Gasteiger partial charge in [0.25, 0.3) is 10.1 Å². The van der Waals surface area contributed by atoms with E-state index in [1.54, 1.807) is 6.08 Å². The van der Waals surface area contributed by atoms with Gasteiger partial charge in [-0.05, 0) is 31.6 Å². The Bertz CT molecular complexity index is 359. The van der Waals surface area contributed by atoms with Gasteiger partial charge in [-0.25, -0.2) is 0 Å². The molecule has 0 fully saturated rings. The van der Waals surface area contributed by atoms with Crippen molar-refractivity contribution >= 4 is 10.1 Å². The average molecular weight is 258 g/mol. The summed E-state index contributed by atoms with van der Waals surface area (Å²) in [6.07, 6.45) is -0.263. The van der Waals surface area contributed by atoms with Gasteiger partial charge in [-0.3, -0.25) is 4.55 Å². The topological polar surface area (TPSA) is 54.4 Å². The average Bonchev–Trinajstić information content (AvgIpc) is 2.12. The standard InChI is InChI=1S/C9H13F3O3S/c10-9(11,12)8(16(13,14)15)6-7-4-2-1-3-5-7/h1-2,7-8H,3-6H2,(H,13,14,15). The highest BCUT2D eigenvalue weighted by molar-refractivity contribution is 7.86. The summed E-state index contributed by atoms with van der Waals surface area (Å²) in [4.78, 5) is 0. The van der Waals surface area contributed by atoms with Crippen molar-refractivity contribution in [2.45, 2.75) is 37.1 Å². The van der Waals surface area contributed by atoms with Crippen molar-refractivity contribution < 1.29 is 26.1 Å². The van der Waals surface area contributed by atoms with Crippen LogP contribution in [-0.2, 0) is 10.1 Å². The summed E-state index contributed by atoms with van der Waals surface area (Å²) in [5, 5.41) is -2.66. The molecule has 0 radical (unpaired) electrons. The normalized spacial score (nSPS) is 24.4. The summed E-state index contributed by atoms with van der Waals surface area (Å²) in [5.74, 6) is -0.335. The molecule has 2 unspecified atom stereocenters. The Kier molecular flexibility index (Phi) is 4.01. The summed E-state index contributed by atoms with van der Waals surface area (Å²) in [7, 11) is -5.07. The van der Waals surface area contributed by atoms with Crippen molar-refractivity contribution in [1.82, 2.24) is 0 Å². The molecule has 1 aliphatic rings. The number of allylic oxidation sites excluding steroid dienone is 2. The molecule has 0 aromatic heterocycles. The van der Waals surface area contributed by atoms with Gasteiger partial charge < -0.3 is 0 Å². The van der Waals surface area contributed by atoms with Crippen LogP contribution >= 0.6 is 0 Å². The lowest BCUT2D eigenvalue weighted by Crippen LogP contribution is -2.38. The Morgan fingerprint density at radius 2 is 2.00 bits per heavy atom. The van der Waals surface area contributed by atoms with Crippen LogP contribution in [0.3, 0.4) is 0 Å². The van der Waals surface area contributed by atoms with Crippen LogP contribution in [0.2, 0.25) is 0 Å². The number of hydrogen-bond acceptors (Lipinski definition) is 2. The molecule has 0 spiro atoms. The van der Waals surface area contributed by atoms with E-state index >= 15 is 0 Å². The molecule has 0 bridgehead atoms. The van der Waals surface area contributed by atoms with Gasteiger partial charge in [0.05, 0.1) is 0 Å². The molecule has 1 aliphatic carbocycles. The molecular weight excluding hydrogens is 245 g/mol. The van der Waals surface area contributed by atoms with E-state index in [0.717, 1.165) is 0 Å². The molecule has 0 aliphatic heterocycles. The first-order valence-electron chi connectivity index (χ1n) is 4.89. The summed E-state index contributed by atoms with van der Waals surface area (Å²) in [5.41, 5.74) is 0. The van der Waals surface area contributed by atoms with Crippen molar-refractivity contribution in [2.75, 3.05) is 0 Å². The van der Waals surface area contributed by atoms with E-state index < -0.39 is 28.0 Å². The van der Waals surface area contributed by atoms with E-state index in [2.05, 4.69) is 0 Å². The summed E-state index contributed by atoms with van der Waals surface area (Å²) >= 11 is 0. The Balaban J connectivity index is 2.76. The molecule has 16 heavy (non-hydrogen) atoms. The van der Waals surface area contributed by atoms with E-state index in [1.807, 2.05) is 6.08 Å². The third-order valence-corrected chi connectivity index (χ3v) is 3.83. The second-order valence-electron chi connectivity index (χ2n) is 3.93. The SMILES string of the molecule is O=S(=O)(O)C(CC1CC=CCC1)C(F)(F)F. The van der Waals surface area contributed by atoms with Crippen molar-refractivity contribution in [3.63, 3.8) is 0 Å². The van der Waals surface area contributed by atoms with Crippen molar-refractivity contribution in [3.05, 3.63) is 12.2 Å². The molecule has 7 heteroatoms. The smallest absolute Gasteiger partial charge is 0.285 e. The van der Waals surface area contributed by atoms with Crippen LogP contribution in [0.15, 0.2) is 12.2 Å². The molecule has 1 N–H and O–H groups in total. The van der Waals surface area contributed by atoms with Gasteiger partial charge >= 0.3 is 6.18 Å². The zero-order valence-electron chi connectivity index (χ0n) is 8.44. The van der Waals surface area contributed by atoms with Gasteiger partial charge in [0, 0.05) is 0 Å². The minimum atomic E-state index is -5.07. The van der Waals surface area contributed by atoms with Gasteiger partial charge in [-0.1, -0.05) is 12.2 Å². The Morgan fingerprint density at radius 1 is 1.38 bits per heavy atom. The van der Waals surface area contributed by atoms with Gasteiger partial charge in [-0.2, -0.15) is 21.6 Å². The minimum Gasteiger partial charge on any atom is -0.285 e. The Morgan fingerprint density at radius 3 is 2.38 bits per heavy atom. The second-order valence-corrected chi connectivity index (χ2v) is 5.53. The van der Waals surface area contributed by atoms with Gasteiger partial charge in [0.2, 0.25) is 0 Å². The molecule has 0 aromatic rings. The maximum absolute atomic E-state index is 12.4. The monoisotopic (exact) mass is 258 g/mol. The van der Waals surface area contributed by atoms with Crippen molar-refractivity contribution in [1.29, 1.82) is 0 Å². The summed E-state index contributed by atoms with van der Waals surface area (Å²) in [6, 6.07) is 0. The summed E-state index contributed by atoms with van der Waals surface area (Å²) < 4.78 is 67.2. The molecule has 0 heterocycles. The molecule has 0 saturated heterocycles. The quantitative estimate of drug-likeness (QED) is 0.625. The lowest BCUT2D eigenvalue weighted by atomic mass is 9.90. The highest BCUT2D eigenvalue weighted by Crippen LogP contribution is 2.33. The van der Waals surface area contributed by atoms with E-state index in [4.69, 9.17) is 4.55 Å². The third-order valence-electron chi connectivity index (χ3n) is 2.65. The molecular formula is C9H13F3O3S. The van der Waals surface area contributed by atoms with Gasteiger partial charge in [0.15, 0.2) is 5.25 Å². The Labute approximate surface area is 92.1 Å². The van der Waals surface area contributed by atoms with Crippen LogP contribution in [0.1, 0.15) is 25.7 Å². The second kappa shape index (κ2) is 4.75. The first kappa shape index (κ1) is 13.5. The number of halogens is 3. The lowest BCUT2D eigenvalue weighted by molar-refractivity contribution is -0.134. The molecule has 1 rings (SSSR count). The lowest BCUT2D eigenvalue weighted by Gasteiger charge is -2.23. The molecule has 0 saturated carbocycles. The fraction of sp³-hybridized carbons (Fsp3) is 0.778. The van der Waals surface area contributed by atoms with Crippen LogP contribution < -0.4 is 0 Å². The van der Waals surface area contributed by atoms with E-state index in [0.29, 0.717) is 19.3 Å². The van der Waals surface area contributed by atoms with Crippen LogP contribution in [0.4, 0.5) is 13.2 Å². The fourth-order valence-corrected chi connectivity index (χ4v) is 2.65.